The highest BCUT2D eigenvalue weighted by Gasteiger charge is 2.21. The highest BCUT2D eigenvalue weighted by Crippen LogP contribution is 2.09. The summed E-state index contributed by atoms with van der Waals surface area (Å²) < 4.78 is 0. The van der Waals surface area contributed by atoms with Crippen LogP contribution in [0.1, 0.15) is 16.1 Å². The van der Waals surface area contributed by atoms with Gasteiger partial charge in [-0.3, -0.25) is 9.69 Å². The van der Waals surface area contributed by atoms with E-state index in [1.807, 2.05) is 6.92 Å². The molecule has 1 fully saturated rings. The van der Waals surface area contributed by atoms with Gasteiger partial charge in [-0.1, -0.05) is 0 Å². The van der Waals surface area contributed by atoms with Gasteiger partial charge in [-0.15, -0.1) is 0 Å². The van der Waals surface area contributed by atoms with Gasteiger partial charge in [0.25, 0.3) is 5.91 Å². The van der Waals surface area contributed by atoms with E-state index in [0.717, 1.165) is 31.9 Å². The van der Waals surface area contributed by atoms with Crippen molar-refractivity contribution >= 4 is 5.91 Å². The van der Waals surface area contributed by atoms with Gasteiger partial charge in [-0.25, -0.2) is 0 Å². The number of hydrogen-bond acceptors (Lipinski definition) is 4. The number of amides is 1. The minimum absolute atomic E-state index is 0.0498. The third-order valence-corrected chi connectivity index (χ3v) is 4.08. The maximum absolute atomic E-state index is 12.3. The summed E-state index contributed by atoms with van der Waals surface area (Å²) in [5.74, 6) is -0.0498. The first-order chi connectivity index (χ1) is 9.97. The van der Waals surface area contributed by atoms with Crippen LogP contribution in [0.3, 0.4) is 0 Å². The molecule has 0 aliphatic carbocycles. The van der Waals surface area contributed by atoms with E-state index < -0.39 is 6.10 Å². The Morgan fingerprint density at radius 2 is 2.10 bits per heavy atom. The fraction of sp³-hybridized carbons (Fsp3) is 0.667. The topological polar surface area (TPSA) is 62.8 Å². The van der Waals surface area contributed by atoms with E-state index in [0.29, 0.717) is 18.7 Å². The van der Waals surface area contributed by atoms with Crippen molar-refractivity contribution in [2.75, 3.05) is 53.4 Å². The summed E-state index contributed by atoms with van der Waals surface area (Å²) >= 11 is 0. The number of aliphatic hydroxyl groups is 1. The van der Waals surface area contributed by atoms with Gasteiger partial charge in [0.2, 0.25) is 0 Å². The fourth-order valence-electron chi connectivity index (χ4n) is 2.68. The van der Waals surface area contributed by atoms with Crippen molar-refractivity contribution in [3.8, 4) is 0 Å². The van der Waals surface area contributed by atoms with Crippen molar-refractivity contribution < 1.29 is 9.90 Å². The molecule has 21 heavy (non-hydrogen) atoms. The van der Waals surface area contributed by atoms with Crippen LogP contribution in [-0.2, 0) is 0 Å². The second-order valence-electron chi connectivity index (χ2n) is 5.96. The minimum Gasteiger partial charge on any atom is -0.390 e. The van der Waals surface area contributed by atoms with Crippen LogP contribution in [0.2, 0.25) is 0 Å². The maximum atomic E-state index is 12.3. The number of aliphatic hydroxyl groups excluding tert-OH is 1. The van der Waals surface area contributed by atoms with Crippen LogP contribution < -0.4 is 0 Å². The maximum Gasteiger partial charge on any atom is 0.255 e. The summed E-state index contributed by atoms with van der Waals surface area (Å²) in [5, 5.41) is 10.2. The first kappa shape index (κ1) is 16.0. The molecular weight excluding hydrogens is 268 g/mol. The number of H-pyrrole nitrogens is 1. The Kier molecular flexibility index (Phi) is 5.39. The molecule has 0 spiro atoms. The molecule has 1 aliphatic heterocycles. The lowest BCUT2D eigenvalue weighted by atomic mass is 10.2. The Labute approximate surface area is 126 Å². The van der Waals surface area contributed by atoms with Crippen LogP contribution in [-0.4, -0.2) is 90.2 Å². The van der Waals surface area contributed by atoms with E-state index in [1.165, 1.54) is 0 Å². The second kappa shape index (κ2) is 7.06. The van der Waals surface area contributed by atoms with Crippen LogP contribution in [0.5, 0.6) is 0 Å². The third kappa shape index (κ3) is 4.30. The molecule has 1 saturated heterocycles. The van der Waals surface area contributed by atoms with E-state index in [9.17, 15) is 9.90 Å². The lowest BCUT2D eigenvalue weighted by Gasteiger charge is -2.34. The predicted molar refractivity (Wildman–Crippen MR) is 82.4 cm³/mol. The third-order valence-electron chi connectivity index (χ3n) is 4.08. The smallest absolute Gasteiger partial charge is 0.255 e. The quantitative estimate of drug-likeness (QED) is 0.803. The molecule has 118 valence electrons. The van der Waals surface area contributed by atoms with Gasteiger partial charge in [0.05, 0.1) is 11.7 Å². The Hall–Kier alpha value is -1.37. The average molecular weight is 294 g/mol. The van der Waals surface area contributed by atoms with E-state index >= 15 is 0 Å². The van der Waals surface area contributed by atoms with E-state index in [1.54, 1.807) is 24.2 Å². The van der Waals surface area contributed by atoms with Crippen LogP contribution in [0, 0.1) is 6.92 Å². The Bertz CT molecular complexity index is 466. The molecule has 2 N–H and O–H groups in total. The van der Waals surface area contributed by atoms with Crippen molar-refractivity contribution in [2.45, 2.75) is 13.0 Å². The molecule has 1 aliphatic rings. The summed E-state index contributed by atoms with van der Waals surface area (Å²) in [4.78, 5) is 21.4. The van der Waals surface area contributed by atoms with E-state index in [4.69, 9.17) is 0 Å². The fourth-order valence-corrected chi connectivity index (χ4v) is 2.68. The summed E-state index contributed by atoms with van der Waals surface area (Å²) in [6, 6.07) is 1.78. The number of carbonyl (C=O) groups is 1. The lowest BCUT2D eigenvalue weighted by molar-refractivity contribution is 0.0501. The van der Waals surface area contributed by atoms with Crippen molar-refractivity contribution in [1.29, 1.82) is 0 Å². The number of nitrogens with zero attached hydrogens (tertiary/aromatic N) is 3. The molecule has 2 rings (SSSR count). The van der Waals surface area contributed by atoms with Gasteiger partial charge in [0.15, 0.2) is 0 Å². The van der Waals surface area contributed by atoms with Crippen molar-refractivity contribution in [3.63, 3.8) is 0 Å². The number of aromatic nitrogens is 1. The molecule has 1 amide bonds. The predicted octanol–water partition coefficient (Wildman–Crippen LogP) is 0.00342. The lowest BCUT2D eigenvalue weighted by Crippen LogP contribution is -2.49. The van der Waals surface area contributed by atoms with E-state index in [-0.39, 0.29) is 5.91 Å². The average Bonchev–Trinajstić information content (AvgIpc) is 2.86. The molecule has 1 aromatic heterocycles. The molecule has 0 saturated carbocycles. The zero-order valence-corrected chi connectivity index (χ0v) is 13.2. The monoisotopic (exact) mass is 294 g/mol. The molecule has 1 atom stereocenters. The van der Waals surface area contributed by atoms with Gasteiger partial charge >= 0.3 is 0 Å². The standard InChI is InChI=1S/C15H26N4O2/c1-12-14(4-5-16-12)15(21)18(3)10-13(20)11-19-8-6-17(2)7-9-19/h4-5,13,16,20H,6-11H2,1-3H3. The van der Waals surface area contributed by atoms with Crippen LogP contribution >= 0.6 is 0 Å². The number of β-amino-alcohol motifs (C(OH)–C–C–N with tert-alkyl or cyclic N) is 1. The Morgan fingerprint density at radius 1 is 1.43 bits per heavy atom. The van der Waals surface area contributed by atoms with Crippen molar-refractivity contribution in [1.82, 2.24) is 19.7 Å². The highest BCUT2D eigenvalue weighted by molar-refractivity contribution is 5.95. The van der Waals surface area contributed by atoms with E-state index in [2.05, 4.69) is 21.8 Å². The molecule has 0 radical (unpaired) electrons. The van der Waals surface area contributed by atoms with Gasteiger partial charge in [-0.05, 0) is 20.0 Å². The summed E-state index contributed by atoms with van der Waals surface area (Å²) in [7, 11) is 3.85. The number of aryl methyl sites for hydroxylation is 1. The molecule has 1 aromatic rings. The first-order valence-corrected chi connectivity index (χ1v) is 7.45. The molecule has 0 bridgehead atoms. The summed E-state index contributed by atoms with van der Waals surface area (Å²) in [6.07, 6.45) is 1.25. The van der Waals surface area contributed by atoms with Crippen molar-refractivity contribution in [2.24, 2.45) is 0 Å². The number of likely N-dealkylation sites (N-methyl/N-ethyl adjacent to an activating group) is 2. The Balaban J connectivity index is 1.80. The summed E-state index contributed by atoms with van der Waals surface area (Å²) in [5.41, 5.74) is 1.53. The zero-order valence-electron chi connectivity index (χ0n) is 13.2. The number of rotatable bonds is 5. The minimum atomic E-state index is -0.512. The number of piperazine rings is 1. The number of hydrogen-bond donors (Lipinski definition) is 2. The molecule has 2 heterocycles. The van der Waals surface area contributed by atoms with Crippen LogP contribution in [0.15, 0.2) is 12.3 Å². The highest BCUT2D eigenvalue weighted by atomic mass is 16.3. The summed E-state index contributed by atoms with van der Waals surface area (Å²) in [6.45, 7) is 6.87. The molecular formula is C15H26N4O2. The second-order valence-corrected chi connectivity index (χ2v) is 5.96. The van der Waals surface area contributed by atoms with Crippen LogP contribution in [0.4, 0.5) is 0 Å². The van der Waals surface area contributed by atoms with Gasteiger partial charge < -0.3 is 19.9 Å². The van der Waals surface area contributed by atoms with Gasteiger partial charge in [-0.2, -0.15) is 0 Å². The normalized spacial score (nSPS) is 18.7. The number of aromatic amines is 1. The van der Waals surface area contributed by atoms with Gasteiger partial charge in [0.1, 0.15) is 0 Å². The van der Waals surface area contributed by atoms with Crippen molar-refractivity contribution in [3.05, 3.63) is 23.5 Å². The van der Waals surface area contributed by atoms with Gasteiger partial charge in [0, 0.05) is 58.2 Å². The number of nitrogens with one attached hydrogen (secondary N) is 1. The largest absolute Gasteiger partial charge is 0.390 e. The zero-order chi connectivity index (χ0) is 15.4. The number of carbonyl (C=O) groups excluding carboxylic acids is 1. The first-order valence-electron chi connectivity index (χ1n) is 7.45. The molecule has 0 aromatic carbocycles. The molecule has 6 nitrogen and oxygen atoms in total. The molecule has 1 unspecified atom stereocenters. The Morgan fingerprint density at radius 3 is 2.67 bits per heavy atom. The SMILES string of the molecule is Cc1[nH]ccc1C(=O)N(C)CC(O)CN1CCN(C)CC1. The van der Waals surface area contributed by atoms with Crippen LogP contribution in [0.25, 0.3) is 0 Å². The molecule has 6 heteroatoms.